The summed E-state index contributed by atoms with van der Waals surface area (Å²) in [6.45, 7) is 0. The molecule has 0 atom stereocenters. The fourth-order valence-electron chi connectivity index (χ4n) is 2.30. The molecule has 0 bridgehead atoms. The molecule has 0 unspecified atom stereocenters. The number of benzene rings is 1. The quantitative estimate of drug-likeness (QED) is 0.450. The van der Waals surface area contributed by atoms with Crippen molar-refractivity contribution in [3.8, 4) is 6.07 Å². The first-order valence-corrected chi connectivity index (χ1v) is 6.15. The van der Waals surface area contributed by atoms with Crippen molar-refractivity contribution in [1.82, 2.24) is 0 Å². The van der Waals surface area contributed by atoms with Gasteiger partial charge in [-0.3, -0.25) is 4.79 Å². The van der Waals surface area contributed by atoms with E-state index in [0.29, 0.717) is 0 Å². The van der Waals surface area contributed by atoms with Gasteiger partial charge >= 0.3 is 0 Å². The van der Waals surface area contributed by atoms with Gasteiger partial charge in [-0.1, -0.05) is 18.6 Å². The Kier molecular flexibility index (Phi) is 3.88. The van der Waals surface area contributed by atoms with Gasteiger partial charge in [-0.25, -0.2) is 4.39 Å². The zero-order chi connectivity index (χ0) is 13.0. The van der Waals surface area contributed by atoms with Gasteiger partial charge in [-0.15, -0.1) is 0 Å². The summed E-state index contributed by atoms with van der Waals surface area (Å²) in [6, 6.07) is 7.78. The lowest BCUT2D eigenvalue weighted by atomic mass is 9.88. The van der Waals surface area contributed by atoms with Crippen LogP contribution in [0.25, 0.3) is 0 Å². The fraction of sp³-hybridized carbons (Fsp3) is 0.333. The summed E-state index contributed by atoms with van der Waals surface area (Å²) in [4.78, 5) is 12.2. The number of halogens is 1. The molecule has 0 N–H and O–H groups in total. The van der Waals surface area contributed by atoms with Crippen LogP contribution >= 0.6 is 0 Å². The normalized spacial score (nSPS) is 15.0. The lowest BCUT2D eigenvalue weighted by molar-refractivity contribution is 0.103. The molecule has 0 radical (unpaired) electrons. The Morgan fingerprint density at radius 3 is 2.44 bits per heavy atom. The molecule has 0 amide bonds. The van der Waals surface area contributed by atoms with Crippen LogP contribution in [0.5, 0.6) is 0 Å². The van der Waals surface area contributed by atoms with E-state index < -0.39 is 11.6 Å². The van der Waals surface area contributed by atoms with Gasteiger partial charge in [0.1, 0.15) is 11.9 Å². The van der Waals surface area contributed by atoms with Gasteiger partial charge in [0.15, 0.2) is 0 Å². The smallest absolute Gasteiger partial charge is 0.206 e. The van der Waals surface area contributed by atoms with Crippen LogP contribution in [-0.4, -0.2) is 5.78 Å². The molecule has 0 heterocycles. The zero-order valence-corrected chi connectivity index (χ0v) is 10.1. The summed E-state index contributed by atoms with van der Waals surface area (Å²) in [6.07, 6.45) is 4.71. The molecule has 1 aromatic rings. The van der Waals surface area contributed by atoms with Gasteiger partial charge in [-0.2, -0.15) is 5.26 Å². The predicted octanol–water partition coefficient (Wildman–Crippen LogP) is 3.79. The van der Waals surface area contributed by atoms with Gasteiger partial charge in [0, 0.05) is 0 Å². The molecular formula is C15H14FNO. The number of hydrogen-bond donors (Lipinski definition) is 0. The number of ketones is 1. The molecule has 2 rings (SSSR count). The predicted molar refractivity (Wildman–Crippen MR) is 66.5 cm³/mol. The van der Waals surface area contributed by atoms with Crippen LogP contribution in [0, 0.1) is 17.1 Å². The maximum Gasteiger partial charge on any atom is 0.206 e. The molecule has 0 spiro atoms. The van der Waals surface area contributed by atoms with Crippen LogP contribution in [0.4, 0.5) is 4.39 Å². The third-order valence-electron chi connectivity index (χ3n) is 3.27. The highest BCUT2D eigenvalue weighted by Crippen LogP contribution is 2.27. The highest BCUT2D eigenvalue weighted by atomic mass is 19.1. The van der Waals surface area contributed by atoms with E-state index in [4.69, 9.17) is 5.26 Å². The Bertz CT molecular complexity index is 532. The summed E-state index contributed by atoms with van der Waals surface area (Å²) in [5.74, 6) is -1.04. The van der Waals surface area contributed by atoms with Crippen molar-refractivity contribution in [2.75, 3.05) is 0 Å². The van der Waals surface area contributed by atoms with Crippen LogP contribution in [0.2, 0.25) is 0 Å². The van der Waals surface area contributed by atoms with Gasteiger partial charge in [0.2, 0.25) is 5.78 Å². The van der Waals surface area contributed by atoms with Crippen molar-refractivity contribution < 1.29 is 9.18 Å². The Morgan fingerprint density at radius 1 is 1.17 bits per heavy atom. The maximum absolute atomic E-state index is 13.6. The van der Waals surface area contributed by atoms with E-state index in [1.54, 1.807) is 6.07 Å². The first kappa shape index (κ1) is 12.5. The average molecular weight is 243 g/mol. The van der Waals surface area contributed by atoms with E-state index in [1.165, 1.54) is 18.2 Å². The lowest BCUT2D eigenvalue weighted by Gasteiger charge is -2.15. The molecule has 1 aliphatic rings. The monoisotopic (exact) mass is 243 g/mol. The number of carbonyl (C=O) groups excluding carboxylic acids is 1. The van der Waals surface area contributed by atoms with Gasteiger partial charge < -0.3 is 0 Å². The van der Waals surface area contributed by atoms with Crippen LogP contribution in [-0.2, 0) is 0 Å². The summed E-state index contributed by atoms with van der Waals surface area (Å²) in [7, 11) is 0. The molecule has 1 aliphatic carbocycles. The summed E-state index contributed by atoms with van der Waals surface area (Å²) in [5.41, 5.74) is 1.02. The number of Topliss-reactive ketones (excluding diaryl/α,β-unsaturated/α-hetero) is 1. The molecule has 1 aromatic carbocycles. The second-order valence-corrected chi connectivity index (χ2v) is 4.46. The minimum atomic E-state index is -0.563. The van der Waals surface area contributed by atoms with Crippen molar-refractivity contribution in [3.05, 3.63) is 46.8 Å². The SMILES string of the molecule is N#CC(C(=O)c1ccccc1F)=C1CCCCC1. The number of nitriles is 1. The van der Waals surface area contributed by atoms with E-state index in [2.05, 4.69) is 0 Å². The molecule has 1 fully saturated rings. The average Bonchev–Trinajstić information content (AvgIpc) is 2.41. The van der Waals surface area contributed by atoms with Crippen molar-refractivity contribution >= 4 is 5.78 Å². The first-order valence-electron chi connectivity index (χ1n) is 6.15. The van der Waals surface area contributed by atoms with Gasteiger partial charge in [0.25, 0.3) is 0 Å². The fourth-order valence-corrected chi connectivity index (χ4v) is 2.30. The van der Waals surface area contributed by atoms with Crippen LogP contribution in [0.3, 0.4) is 0 Å². The molecular weight excluding hydrogens is 229 g/mol. The summed E-state index contributed by atoms with van der Waals surface area (Å²) >= 11 is 0. The number of allylic oxidation sites excluding steroid dienone is 2. The summed E-state index contributed by atoms with van der Waals surface area (Å²) in [5, 5.41) is 9.15. The highest BCUT2D eigenvalue weighted by molar-refractivity contribution is 6.11. The number of nitrogens with zero attached hydrogens (tertiary/aromatic N) is 1. The molecule has 3 heteroatoms. The highest BCUT2D eigenvalue weighted by Gasteiger charge is 2.20. The number of rotatable bonds is 2. The van der Waals surface area contributed by atoms with Crippen molar-refractivity contribution in [2.24, 2.45) is 0 Å². The van der Waals surface area contributed by atoms with Crippen molar-refractivity contribution in [1.29, 1.82) is 5.26 Å². The van der Waals surface area contributed by atoms with Crippen LogP contribution < -0.4 is 0 Å². The third kappa shape index (κ3) is 2.48. The van der Waals surface area contributed by atoms with Crippen molar-refractivity contribution in [2.45, 2.75) is 32.1 Å². The van der Waals surface area contributed by atoms with Gasteiger partial charge in [-0.05, 0) is 43.4 Å². The largest absolute Gasteiger partial charge is 0.288 e. The minimum Gasteiger partial charge on any atom is -0.288 e. The number of hydrogen-bond acceptors (Lipinski definition) is 2. The molecule has 0 aliphatic heterocycles. The lowest BCUT2D eigenvalue weighted by Crippen LogP contribution is -2.09. The van der Waals surface area contributed by atoms with E-state index >= 15 is 0 Å². The second kappa shape index (κ2) is 5.59. The Labute approximate surface area is 106 Å². The van der Waals surface area contributed by atoms with E-state index in [-0.39, 0.29) is 11.1 Å². The standard InChI is InChI=1S/C15H14FNO/c16-14-9-5-4-8-12(14)15(18)13(10-17)11-6-2-1-3-7-11/h4-5,8-9H,1-3,6-7H2. The molecule has 1 saturated carbocycles. The van der Waals surface area contributed by atoms with E-state index in [1.807, 2.05) is 6.07 Å². The zero-order valence-electron chi connectivity index (χ0n) is 10.1. The molecule has 18 heavy (non-hydrogen) atoms. The Morgan fingerprint density at radius 2 is 1.83 bits per heavy atom. The Balaban J connectivity index is 2.38. The number of carbonyl (C=O) groups is 1. The van der Waals surface area contributed by atoms with Crippen LogP contribution in [0.15, 0.2) is 35.4 Å². The third-order valence-corrected chi connectivity index (χ3v) is 3.27. The molecule has 92 valence electrons. The van der Waals surface area contributed by atoms with Gasteiger partial charge in [0.05, 0.1) is 11.1 Å². The molecule has 0 saturated heterocycles. The maximum atomic E-state index is 13.6. The Hall–Kier alpha value is -1.95. The molecule has 0 aromatic heterocycles. The summed E-state index contributed by atoms with van der Waals surface area (Å²) < 4.78 is 13.6. The van der Waals surface area contributed by atoms with E-state index in [0.717, 1.165) is 37.7 Å². The first-order chi connectivity index (χ1) is 8.74. The molecule has 2 nitrogen and oxygen atoms in total. The van der Waals surface area contributed by atoms with Crippen molar-refractivity contribution in [3.63, 3.8) is 0 Å². The van der Waals surface area contributed by atoms with Crippen LogP contribution in [0.1, 0.15) is 42.5 Å². The topological polar surface area (TPSA) is 40.9 Å². The van der Waals surface area contributed by atoms with E-state index in [9.17, 15) is 9.18 Å². The second-order valence-electron chi connectivity index (χ2n) is 4.46. The minimum absolute atomic E-state index is 0.00729.